The summed E-state index contributed by atoms with van der Waals surface area (Å²) < 4.78 is 6.61. The summed E-state index contributed by atoms with van der Waals surface area (Å²) in [7, 11) is 0. The highest BCUT2D eigenvalue weighted by Gasteiger charge is 2.35. The van der Waals surface area contributed by atoms with E-state index in [0.717, 1.165) is 0 Å². The summed E-state index contributed by atoms with van der Waals surface area (Å²) in [5.41, 5.74) is 5.00. The van der Waals surface area contributed by atoms with Gasteiger partial charge in [0.05, 0.1) is 12.7 Å². The highest BCUT2D eigenvalue weighted by Crippen LogP contribution is 2.27. The Morgan fingerprint density at radius 3 is 3.00 bits per heavy atom. The normalized spacial score (nSPS) is 29.5. The maximum atomic E-state index is 10.8. The van der Waals surface area contributed by atoms with E-state index < -0.39 is 24.3 Å². The van der Waals surface area contributed by atoms with Gasteiger partial charge >= 0.3 is 0 Å². The summed E-state index contributed by atoms with van der Waals surface area (Å²) in [6, 6.07) is 0. The molecule has 1 aliphatic rings. The first-order valence-electron chi connectivity index (χ1n) is 4.77. The number of nitrogens with zero attached hydrogens (tertiary/aromatic N) is 3. The number of aliphatic hydroxyl groups is 2. The molecule has 8 nitrogen and oxygen atoms in total. The number of amides is 1. The van der Waals surface area contributed by atoms with Crippen molar-refractivity contribution < 1.29 is 19.7 Å². The van der Waals surface area contributed by atoms with E-state index in [1.165, 1.54) is 11.0 Å². The smallest absolute Gasteiger partial charge is 0.288 e. The van der Waals surface area contributed by atoms with E-state index in [-0.39, 0.29) is 18.9 Å². The van der Waals surface area contributed by atoms with Crippen LogP contribution in [0.25, 0.3) is 0 Å². The summed E-state index contributed by atoms with van der Waals surface area (Å²) in [6.45, 7) is -0.269. The summed E-state index contributed by atoms with van der Waals surface area (Å²) >= 11 is 0. The molecule has 0 aliphatic carbocycles. The number of nitrogens with two attached hydrogens (primary N) is 1. The van der Waals surface area contributed by atoms with Crippen molar-refractivity contribution in [2.24, 2.45) is 5.73 Å². The molecule has 8 heteroatoms. The number of carbonyl (C=O) groups excluding carboxylic acids is 1. The lowest BCUT2D eigenvalue weighted by atomic mass is 10.2. The third kappa shape index (κ3) is 1.90. The van der Waals surface area contributed by atoms with E-state index in [0.29, 0.717) is 0 Å². The average molecular weight is 228 g/mol. The molecule has 4 N–H and O–H groups in total. The van der Waals surface area contributed by atoms with Crippen LogP contribution in [0, 0.1) is 0 Å². The molecule has 0 spiro atoms. The maximum absolute atomic E-state index is 10.8. The average Bonchev–Trinajstić information content (AvgIpc) is 2.83. The van der Waals surface area contributed by atoms with Gasteiger partial charge in [-0.3, -0.25) is 4.79 Å². The van der Waals surface area contributed by atoms with Crippen molar-refractivity contribution >= 4 is 5.91 Å². The van der Waals surface area contributed by atoms with Gasteiger partial charge in [-0.25, -0.2) is 9.67 Å². The molecule has 1 aromatic heterocycles. The predicted octanol–water partition coefficient (Wildman–Crippen LogP) is -1.98. The Morgan fingerprint density at radius 1 is 1.75 bits per heavy atom. The molecule has 0 bridgehead atoms. The van der Waals surface area contributed by atoms with Crippen LogP contribution in [0.4, 0.5) is 0 Å². The van der Waals surface area contributed by atoms with E-state index in [1.807, 2.05) is 0 Å². The number of ether oxygens (including phenoxy) is 1. The van der Waals surface area contributed by atoms with Crippen LogP contribution in [0.3, 0.4) is 0 Å². The zero-order chi connectivity index (χ0) is 11.7. The van der Waals surface area contributed by atoms with Gasteiger partial charge < -0.3 is 20.7 Å². The van der Waals surface area contributed by atoms with Crippen LogP contribution in [0.2, 0.25) is 0 Å². The van der Waals surface area contributed by atoms with Gasteiger partial charge in [0.15, 0.2) is 6.23 Å². The third-order valence-electron chi connectivity index (χ3n) is 2.41. The molecule has 2 heterocycles. The van der Waals surface area contributed by atoms with E-state index in [4.69, 9.17) is 15.6 Å². The highest BCUT2D eigenvalue weighted by atomic mass is 16.5. The van der Waals surface area contributed by atoms with E-state index in [1.54, 1.807) is 0 Å². The fourth-order valence-electron chi connectivity index (χ4n) is 1.57. The summed E-state index contributed by atoms with van der Waals surface area (Å²) in [4.78, 5) is 14.5. The van der Waals surface area contributed by atoms with Crippen molar-refractivity contribution in [2.75, 3.05) is 6.61 Å². The summed E-state index contributed by atoms with van der Waals surface area (Å²) in [5.74, 6) is -0.832. The Hall–Kier alpha value is -1.51. The predicted molar refractivity (Wildman–Crippen MR) is 50.2 cm³/mol. The third-order valence-corrected chi connectivity index (χ3v) is 2.41. The molecule has 88 valence electrons. The molecule has 0 radical (unpaired) electrons. The second-order valence-corrected chi connectivity index (χ2v) is 3.53. The molecule has 0 saturated carbocycles. The summed E-state index contributed by atoms with van der Waals surface area (Å²) in [6.07, 6.45) is -0.334. The molecule has 1 aliphatic heterocycles. The van der Waals surface area contributed by atoms with Gasteiger partial charge in [-0.05, 0) is 0 Å². The molecule has 0 unspecified atom stereocenters. The SMILES string of the molecule is NC(=O)c1ncn([C@H]2C[C@@H](O)[C@@H](CO)O2)n1. The largest absolute Gasteiger partial charge is 0.394 e. The number of primary amides is 1. The highest BCUT2D eigenvalue weighted by molar-refractivity contribution is 5.88. The number of hydrogen-bond donors (Lipinski definition) is 3. The molecule has 3 atom stereocenters. The monoisotopic (exact) mass is 228 g/mol. The standard InChI is InChI=1S/C8H12N4O4/c9-7(15)8-10-3-12(11-8)6-1-4(14)5(2-13)16-6/h3-6,13-14H,1-2H2,(H2,9,15)/t4-,5-,6-/m1/s1. The van der Waals surface area contributed by atoms with Crippen molar-refractivity contribution in [2.45, 2.75) is 24.9 Å². The van der Waals surface area contributed by atoms with Crippen LogP contribution >= 0.6 is 0 Å². The molecule has 1 aromatic rings. The van der Waals surface area contributed by atoms with Gasteiger partial charge in [-0.2, -0.15) is 0 Å². The molecular weight excluding hydrogens is 216 g/mol. The molecule has 1 fully saturated rings. The molecule has 1 amide bonds. The second kappa shape index (κ2) is 4.16. The molecular formula is C8H12N4O4. The van der Waals surface area contributed by atoms with Gasteiger partial charge in [-0.1, -0.05) is 0 Å². The van der Waals surface area contributed by atoms with Gasteiger partial charge in [0, 0.05) is 6.42 Å². The minimum atomic E-state index is -0.753. The van der Waals surface area contributed by atoms with Crippen molar-refractivity contribution in [1.82, 2.24) is 14.8 Å². The Bertz CT molecular complexity index is 393. The van der Waals surface area contributed by atoms with Crippen LogP contribution in [0.15, 0.2) is 6.33 Å². The van der Waals surface area contributed by atoms with E-state index in [2.05, 4.69) is 10.1 Å². The summed E-state index contributed by atoms with van der Waals surface area (Å²) in [5, 5.41) is 22.2. The number of carbonyl (C=O) groups is 1. The number of aromatic nitrogens is 3. The maximum Gasteiger partial charge on any atom is 0.288 e. The topological polar surface area (TPSA) is 123 Å². The van der Waals surface area contributed by atoms with Crippen LogP contribution in [-0.2, 0) is 4.74 Å². The lowest BCUT2D eigenvalue weighted by molar-refractivity contribution is -0.0485. The minimum absolute atomic E-state index is 0.106. The van der Waals surface area contributed by atoms with Crippen LogP contribution in [-0.4, -0.2) is 49.7 Å². The van der Waals surface area contributed by atoms with E-state index >= 15 is 0 Å². The Balaban J connectivity index is 2.11. The van der Waals surface area contributed by atoms with Crippen molar-refractivity contribution in [3.8, 4) is 0 Å². The first-order chi connectivity index (χ1) is 7.61. The first kappa shape index (κ1) is 11.0. The van der Waals surface area contributed by atoms with Crippen molar-refractivity contribution in [3.05, 3.63) is 12.2 Å². The zero-order valence-electron chi connectivity index (χ0n) is 8.35. The quantitative estimate of drug-likeness (QED) is 0.550. The fourth-order valence-corrected chi connectivity index (χ4v) is 1.57. The number of hydrogen-bond acceptors (Lipinski definition) is 6. The lowest BCUT2D eigenvalue weighted by Crippen LogP contribution is -2.24. The first-order valence-corrected chi connectivity index (χ1v) is 4.77. The number of rotatable bonds is 3. The van der Waals surface area contributed by atoms with Crippen LogP contribution in [0.1, 0.15) is 23.3 Å². The molecule has 16 heavy (non-hydrogen) atoms. The van der Waals surface area contributed by atoms with Crippen molar-refractivity contribution in [3.63, 3.8) is 0 Å². The Labute approximate surface area is 90.6 Å². The van der Waals surface area contributed by atoms with Gasteiger partial charge in [0.1, 0.15) is 12.4 Å². The van der Waals surface area contributed by atoms with Crippen molar-refractivity contribution in [1.29, 1.82) is 0 Å². The van der Waals surface area contributed by atoms with Crippen LogP contribution < -0.4 is 5.73 Å². The molecule has 0 aromatic carbocycles. The number of aliphatic hydroxyl groups excluding tert-OH is 2. The fraction of sp³-hybridized carbons (Fsp3) is 0.625. The minimum Gasteiger partial charge on any atom is -0.394 e. The Kier molecular flexibility index (Phi) is 2.86. The molecule has 2 rings (SSSR count). The Morgan fingerprint density at radius 2 is 2.50 bits per heavy atom. The molecule has 1 saturated heterocycles. The van der Waals surface area contributed by atoms with Gasteiger partial charge in [-0.15, -0.1) is 5.10 Å². The van der Waals surface area contributed by atoms with E-state index in [9.17, 15) is 9.90 Å². The van der Waals surface area contributed by atoms with Gasteiger partial charge in [0.2, 0.25) is 5.82 Å². The van der Waals surface area contributed by atoms with Crippen LogP contribution in [0.5, 0.6) is 0 Å². The lowest BCUT2D eigenvalue weighted by Gasteiger charge is -2.11. The van der Waals surface area contributed by atoms with Gasteiger partial charge in [0.25, 0.3) is 5.91 Å². The second-order valence-electron chi connectivity index (χ2n) is 3.53. The zero-order valence-corrected chi connectivity index (χ0v) is 8.35.